The molecule has 1 aliphatic rings. The molecule has 0 atom stereocenters. The summed E-state index contributed by atoms with van der Waals surface area (Å²) in [7, 11) is 0. The highest BCUT2D eigenvalue weighted by molar-refractivity contribution is 7.99. The molecule has 2 heterocycles. The van der Waals surface area contributed by atoms with Crippen LogP contribution < -0.4 is 10.9 Å². The topological polar surface area (TPSA) is 92.7 Å². The van der Waals surface area contributed by atoms with Gasteiger partial charge in [0.05, 0.1) is 17.6 Å². The largest absolute Gasteiger partial charge is 0.353 e. The normalized spacial score (nSPS) is 14.8. The molecule has 1 amide bonds. The van der Waals surface area contributed by atoms with Crippen LogP contribution in [0.15, 0.2) is 58.6 Å². The molecule has 8 heteroatoms. The number of fused-ring (bicyclic) bond motifs is 2. The Morgan fingerprint density at radius 1 is 1.10 bits per heavy atom. The highest BCUT2D eigenvalue weighted by Gasteiger charge is 2.19. The molecule has 0 bridgehead atoms. The van der Waals surface area contributed by atoms with Gasteiger partial charge in [0.15, 0.2) is 10.8 Å². The number of hydrogen-bond acceptors (Lipinski definition) is 5. The summed E-state index contributed by atoms with van der Waals surface area (Å²) in [6.07, 6.45) is 7.14. The third kappa shape index (κ3) is 3.95. The highest BCUT2D eigenvalue weighted by Crippen LogP contribution is 2.26. The van der Waals surface area contributed by atoms with Gasteiger partial charge in [-0.2, -0.15) is 5.10 Å². The van der Waals surface area contributed by atoms with Crippen LogP contribution in [0.25, 0.3) is 27.5 Å². The Hall–Kier alpha value is -3.13. The second kappa shape index (κ2) is 8.55. The summed E-state index contributed by atoms with van der Waals surface area (Å²) in [5, 5.41) is 12.8. The fourth-order valence-corrected chi connectivity index (χ4v) is 5.04. The molecule has 0 radical (unpaired) electrons. The van der Waals surface area contributed by atoms with Crippen LogP contribution in [0.1, 0.15) is 32.1 Å². The molecular weight excluding hydrogens is 410 g/mol. The van der Waals surface area contributed by atoms with E-state index in [0.29, 0.717) is 16.2 Å². The zero-order valence-electron chi connectivity index (χ0n) is 17.0. The number of benzene rings is 2. The highest BCUT2D eigenvalue weighted by atomic mass is 32.2. The van der Waals surface area contributed by atoms with Crippen LogP contribution in [0.3, 0.4) is 0 Å². The van der Waals surface area contributed by atoms with E-state index >= 15 is 0 Å². The number of amides is 1. The lowest BCUT2D eigenvalue weighted by molar-refractivity contribution is -0.119. The molecule has 7 nitrogen and oxygen atoms in total. The molecule has 4 aromatic rings. The lowest BCUT2D eigenvalue weighted by Gasteiger charge is -2.22. The molecule has 2 aromatic carbocycles. The third-order valence-electron chi connectivity index (χ3n) is 5.76. The van der Waals surface area contributed by atoms with Gasteiger partial charge in [0.2, 0.25) is 5.91 Å². The number of carbonyl (C=O) groups excluding carboxylic acids is 1. The number of hydrogen-bond donors (Lipinski definition) is 2. The van der Waals surface area contributed by atoms with E-state index in [1.165, 1.54) is 24.4 Å². The maximum atomic E-state index is 13.4. The van der Waals surface area contributed by atoms with Crippen LogP contribution in [0, 0.1) is 0 Å². The fraction of sp³-hybridized carbons (Fsp3) is 0.304. The summed E-state index contributed by atoms with van der Waals surface area (Å²) >= 11 is 1.27. The second-order valence-electron chi connectivity index (χ2n) is 7.86. The minimum absolute atomic E-state index is 0.0275. The molecule has 1 fully saturated rings. The van der Waals surface area contributed by atoms with Crippen LogP contribution >= 0.6 is 11.8 Å². The standard InChI is InChI=1S/C23H23N5O2S/c29-20(25-16-9-2-1-3-10-16)14-31-23-26-21-18(13-24-27-21)22(30)28(23)19-12-6-8-15-7-4-5-11-17(15)19/h4-8,11-13,16H,1-3,9-10,14H2,(H,24,27)(H,25,29). The lowest BCUT2D eigenvalue weighted by Crippen LogP contribution is -2.37. The predicted octanol–water partition coefficient (Wildman–Crippen LogP) is 3.80. The number of nitrogens with zero attached hydrogens (tertiary/aromatic N) is 3. The van der Waals surface area contributed by atoms with Gasteiger partial charge in [0.25, 0.3) is 5.56 Å². The molecule has 1 saturated carbocycles. The second-order valence-corrected chi connectivity index (χ2v) is 8.80. The van der Waals surface area contributed by atoms with Crippen molar-refractivity contribution in [3.05, 3.63) is 59.0 Å². The molecule has 158 valence electrons. The van der Waals surface area contributed by atoms with Gasteiger partial charge in [-0.25, -0.2) is 4.98 Å². The van der Waals surface area contributed by atoms with Crippen LogP contribution in [0.2, 0.25) is 0 Å². The minimum atomic E-state index is -0.203. The molecule has 2 aromatic heterocycles. The first-order valence-electron chi connectivity index (χ1n) is 10.6. The average molecular weight is 434 g/mol. The van der Waals surface area contributed by atoms with Gasteiger partial charge < -0.3 is 5.32 Å². The van der Waals surface area contributed by atoms with Crippen molar-refractivity contribution in [3.63, 3.8) is 0 Å². The summed E-state index contributed by atoms with van der Waals surface area (Å²) in [4.78, 5) is 30.6. The Morgan fingerprint density at radius 3 is 2.77 bits per heavy atom. The average Bonchev–Trinajstić information content (AvgIpc) is 3.27. The number of H-pyrrole nitrogens is 1. The summed E-state index contributed by atoms with van der Waals surface area (Å²) < 4.78 is 1.60. The van der Waals surface area contributed by atoms with E-state index in [9.17, 15) is 9.59 Å². The Kier molecular flexibility index (Phi) is 5.46. The van der Waals surface area contributed by atoms with Crippen molar-refractivity contribution < 1.29 is 4.79 Å². The van der Waals surface area contributed by atoms with Crippen LogP contribution in [0.5, 0.6) is 0 Å². The van der Waals surface area contributed by atoms with Crippen molar-refractivity contribution in [2.75, 3.05) is 5.75 Å². The van der Waals surface area contributed by atoms with Gasteiger partial charge in [0, 0.05) is 11.4 Å². The van der Waals surface area contributed by atoms with Crippen LogP contribution in [0.4, 0.5) is 0 Å². The first-order valence-corrected chi connectivity index (χ1v) is 11.6. The SMILES string of the molecule is O=C(CSc1nc2[nH]ncc2c(=O)n1-c1cccc2ccccc12)NC1CCCCC1. The summed E-state index contributed by atoms with van der Waals surface area (Å²) in [5.41, 5.74) is 0.968. The molecule has 1 aliphatic carbocycles. The van der Waals surface area contributed by atoms with E-state index in [1.54, 1.807) is 4.57 Å². The van der Waals surface area contributed by atoms with Gasteiger partial charge in [0.1, 0.15) is 5.39 Å². The molecular formula is C23H23N5O2S. The number of aromatic nitrogens is 4. The van der Waals surface area contributed by atoms with Gasteiger partial charge in [-0.1, -0.05) is 67.4 Å². The zero-order valence-corrected chi connectivity index (χ0v) is 17.8. The molecule has 0 unspecified atom stereocenters. The lowest BCUT2D eigenvalue weighted by atomic mass is 9.95. The quantitative estimate of drug-likeness (QED) is 0.369. The van der Waals surface area contributed by atoms with Crippen molar-refractivity contribution in [2.24, 2.45) is 0 Å². The first kappa shape index (κ1) is 19.8. The van der Waals surface area contributed by atoms with Crippen molar-refractivity contribution in [1.82, 2.24) is 25.1 Å². The van der Waals surface area contributed by atoms with Crippen LogP contribution in [-0.2, 0) is 4.79 Å². The molecule has 5 rings (SSSR count). The minimum Gasteiger partial charge on any atom is -0.353 e. The number of aromatic amines is 1. The number of carbonyl (C=O) groups is 1. The van der Waals surface area contributed by atoms with E-state index in [2.05, 4.69) is 20.5 Å². The zero-order chi connectivity index (χ0) is 21.2. The maximum Gasteiger partial charge on any atom is 0.269 e. The smallest absolute Gasteiger partial charge is 0.269 e. The molecule has 0 spiro atoms. The molecule has 0 saturated heterocycles. The predicted molar refractivity (Wildman–Crippen MR) is 123 cm³/mol. The van der Waals surface area contributed by atoms with Crippen molar-refractivity contribution in [3.8, 4) is 5.69 Å². The fourth-order valence-electron chi connectivity index (χ4n) is 4.23. The molecule has 0 aliphatic heterocycles. The van der Waals surface area contributed by atoms with Gasteiger partial charge in [-0.05, 0) is 24.3 Å². The van der Waals surface area contributed by atoms with Crippen molar-refractivity contribution in [2.45, 2.75) is 43.3 Å². The Labute approximate surface area is 183 Å². The van der Waals surface area contributed by atoms with Gasteiger partial charge in [-0.15, -0.1) is 0 Å². The first-order chi connectivity index (χ1) is 15.2. The summed E-state index contributed by atoms with van der Waals surface area (Å²) in [5.74, 6) is 0.174. The van der Waals surface area contributed by atoms with E-state index in [1.807, 2.05) is 42.5 Å². The van der Waals surface area contributed by atoms with E-state index in [4.69, 9.17) is 0 Å². The molecule has 31 heavy (non-hydrogen) atoms. The summed E-state index contributed by atoms with van der Waals surface area (Å²) in [6, 6.07) is 14.0. The Bertz CT molecular complexity index is 1300. The van der Waals surface area contributed by atoms with E-state index < -0.39 is 0 Å². The van der Waals surface area contributed by atoms with Gasteiger partial charge in [-0.3, -0.25) is 19.3 Å². The van der Waals surface area contributed by atoms with Crippen LogP contribution in [-0.4, -0.2) is 37.5 Å². The molecule has 2 N–H and O–H groups in total. The number of nitrogens with one attached hydrogen (secondary N) is 2. The Balaban J connectivity index is 1.52. The van der Waals surface area contributed by atoms with E-state index in [0.717, 1.165) is 42.1 Å². The Morgan fingerprint density at radius 2 is 1.90 bits per heavy atom. The van der Waals surface area contributed by atoms with Crippen molar-refractivity contribution >= 4 is 39.5 Å². The number of thioether (sulfide) groups is 1. The number of rotatable bonds is 5. The van der Waals surface area contributed by atoms with Crippen molar-refractivity contribution in [1.29, 1.82) is 0 Å². The van der Waals surface area contributed by atoms with Gasteiger partial charge >= 0.3 is 0 Å². The maximum absolute atomic E-state index is 13.4. The van der Waals surface area contributed by atoms with E-state index in [-0.39, 0.29) is 23.3 Å². The monoisotopic (exact) mass is 433 g/mol. The third-order valence-corrected chi connectivity index (χ3v) is 6.70. The summed E-state index contributed by atoms with van der Waals surface area (Å²) in [6.45, 7) is 0.